The first-order chi connectivity index (χ1) is 13.1. The lowest BCUT2D eigenvalue weighted by Gasteiger charge is -2.20. The van der Waals surface area contributed by atoms with Crippen molar-refractivity contribution in [2.24, 2.45) is 0 Å². The molecule has 0 N–H and O–H groups in total. The fourth-order valence-corrected chi connectivity index (χ4v) is 3.64. The summed E-state index contributed by atoms with van der Waals surface area (Å²) in [5.41, 5.74) is 4.79. The van der Waals surface area contributed by atoms with Crippen LogP contribution in [0.2, 0.25) is 0 Å². The van der Waals surface area contributed by atoms with Crippen molar-refractivity contribution >= 4 is 11.6 Å². The standard InChI is InChI=1S/C24H19F3/c1-2-15-3-5-16(6-4-15)18-9-12-21-19(13-18)14-22(26)23(24(21)27)17-7-10-20(25)11-8-17/h3-8,10-11,13-14H,2,9,12H2,1H3. The second-order valence-electron chi connectivity index (χ2n) is 6.84. The number of hydrogen-bond donors (Lipinski definition) is 0. The second kappa shape index (κ2) is 7.07. The highest BCUT2D eigenvalue weighted by Crippen LogP contribution is 2.37. The van der Waals surface area contributed by atoms with E-state index in [1.165, 1.54) is 35.9 Å². The van der Waals surface area contributed by atoms with Gasteiger partial charge in [-0.25, -0.2) is 13.2 Å². The topological polar surface area (TPSA) is 0 Å². The van der Waals surface area contributed by atoms with E-state index >= 15 is 4.39 Å². The molecule has 3 heteroatoms. The molecule has 0 nitrogen and oxygen atoms in total. The Bertz CT molecular complexity index is 1010. The van der Waals surface area contributed by atoms with Gasteiger partial charge in [-0.1, -0.05) is 49.4 Å². The van der Waals surface area contributed by atoms with Gasteiger partial charge >= 0.3 is 0 Å². The maximum atomic E-state index is 15.1. The lowest BCUT2D eigenvalue weighted by Crippen LogP contribution is -2.06. The van der Waals surface area contributed by atoms with Crippen LogP contribution in [0.5, 0.6) is 0 Å². The molecular formula is C24H19F3. The molecule has 1 aliphatic rings. The molecular weight excluding hydrogens is 345 g/mol. The van der Waals surface area contributed by atoms with Gasteiger partial charge in [0.15, 0.2) is 0 Å². The van der Waals surface area contributed by atoms with E-state index < -0.39 is 17.5 Å². The Morgan fingerprint density at radius 2 is 1.48 bits per heavy atom. The molecule has 1 aliphatic carbocycles. The molecule has 0 bridgehead atoms. The van der Waals surface area contributed by atoms with Crippen LogP contribution >= 0.6 is 0 Å². The first kappa shape index (κ1) is 17.6. The molecule has 4 rings (SSSR count). The number of hydrogen-bond acceptors (Lipinski definition) is 0. The van der Waals surface area contributed by atoms with Crippen molar-refractivity contribution in [2.75, 3.05) is 0 Å². The van der Waals surface area contributed by atoms with E-state index in [4.69, 9.17) is 0 Å². The first-order valence-corrected chi connectivity index (χ1v) is 9.13. The summed E-state index contributed by atoms with van der Waals surface area (Å²) in [6, 6.07) is 14.9. The number of allylic oxidation sites excluding steroid dienone is 1. The fourth-order valence-electron chi connectivity index (χ4n) is 3.64. The predicted octanol–water partition coefficient (Wildman–Crippen LogP) is 6.82. The quantitative estimate of drug-likeness (QED) is 0.478. The molecule has 0 saturated carbocycles. The maximum Gasteiger partial charge on any atom is 0.137 e. The Morgan fingerprint density at radius 3 is 2.15 bits per heavy atom. The highest BCUT2D eigenvalue weighted by atomic mass is 19.1. The number of halogens is 3. The fraction of sp³-hybridized carbons (Fsp3) is 0.167. The van der Waals surface area contributed by atoms with Crippen LogP contribution in [0.3, 0.4) is 0 Å². The zero-order valence-corrected chi connectivity index (χ0v) is 15.0. The van der Waals surface area contributed by atoms with Crippen LogP contribution in [0.15, 0.2) is 54.6 Å². The van der Waals surface area contributed by atoms with Gasteiger partial charge in [-0.05, 0) is 70.9 Å². The third-order valence-corrected chi connectivity index (χ3v) is 5.19. The van der Waals surface area contributed by atoms with Crippen molar-refractivity contribution in [3.05, 3.63) is 94.3 Å². The van der Waals surface area contributed by atoms with Crippen LogP contribution in [0.4, 0.5) is 13.2 Å². The smallest absolute Gasteiger partial charge is 0.137 e. The van der Waals surface area contributed by atoms with Crippen molar-refractivity contribution in [1.29, 1.82) is 0 Å². The van der Waals surface area contributed by atoms with Gasteiger partial charge in [0, 0.05) is 0 Å². The molecule has 3 aromatic rings. The van der Waals surface area contributed by atoms with Gasteiger partial charge in [0.05, 0.1) is 5.56 Å². The SMILES string of the molecule is CCc1ccc(C2=Cc3cc(F)c(-c4ccc(F)cc4)c(F)c3CC2)cc1. The molecule has 0 heterocycles. The Hall–Kier alpha value is -2.81. The summed E-state index contributed by atoms with van der Waals surface area (Å²) in [5.74, 6) is -1.61. The summed E-state index contributed by atoms with van der Waals surface area (Å²) >= 11 is 0. The van der Waals surface area contributed by atoms with Gasteiger partial charge in [0.2, 0.25) is 0 Å². The zero-order valence-electron chi connectivity index (χ0n) is 15.0. The van der Waals surface area contributed by atoms with E-state index in [0.717, 1.165) is 17.6 Å². The molecule has 0 amide bonds. The Labute approximate surface area is 157 Å². The van der Waals surface area contributed by atoms with Crippen LogP contribution in [0, 0.1) is 17.5 Å². The van der Waals surface area contributed by atoms with Crippen LogP contribution in [-0.4, -0.2) is 0 Å². The van der Waals surface area contributed by atoms with E-state index in [9.17, 15) is 8.78 Å². The molecule has 0 fully saturated rings. The number of rotatable bonds is 3. The van der Waals surface area contributed by atoms with E-state index in [0.29, 0.717) is 29.5 Å². The summed E-state index contributed by atoms with van der Waals surface area (Å²) in [6.07, 6.45) is 4.06. The van der Waals surface area contributed by atoms with Crippen molar-refractivity contribution in [3.63, 3.8) is 0 Å². The van der Waals surface area contributed by atoms with Gasteiger partial charge in [-0.15, -0.1) is 0 Å². The zero-order chi connectivity index (χ0) is 19.0. The summed E-state index contributed by atoms with van der Waals surface area (Å²) < 4.78 is 42.9. The minimum absolute atomic E-state index is 0.0853. The van der Waals surface area contributed by atoms with E-state index in [1.807, 2.05) is 6.08 Å². The van der Waals surface area contributed by atoms with E-state index in [1.54, 1.807) is 0 Å². The van der Waals surface area contributed by atoms with Crippen LogP contribution in [0.25, 0.3) is 22.8 Å². The second-order valence-corrected chi connectivity index (χ2v) is 6.84. The lowest BCUT2D eigenvalue weighted by molar-refractivity contribution is 0.576. The summed E-state index contributed by atoms with van der Waals surface area (Å²) in [7, 11) is 0. The molecule has 0 unspecified atom stereocenters. The minimum Gasteiger partial charge on any atom is -0.207 e. The average molecular weight is 364 g/mol. The van der Waals surface area contributed by atoms with Crippen LogP contribution in [0.1, 0.15) is 35.6 Å². The predicted molar refractivity (Wildman–Crippen MR) is 104 cm³/mol. The number of aryl methyl sites for hydroxylation is 1. The summed E-state index contributed by atoms with van der Waals surface area (Å²) in [5, 5.41) is 0. The molecule has 0 saturated heterocycles. The normalized spacial score (nSPS) is 13.3. The molecule has 3 aromatic carbocycles. The maximum absolute atomic E-state index is 15.1. The summed E-state index contributed by atoms with van der Waals surface area (Å²) in [4.78, 5) is 0. The highest BCUT2D eigenvalue weighted by molar-refractivity contribution is 5.85. The van der Waals surface area contributed by atoms with E-state index in [-0.39, 0.29) is 5.56 Å². The lowest BCUT2D eigenvalue weighted by atomic mass is 9.86. The minimum atomic E-state index is -0.628. The molecule has 27 heavy (non-hydrogen) atoms. The molecule has 0 spiro atoms. The van der Waals surface area contributed by atoms with Crippen molar-refractivity contribution < 1.29 is 13.2 Å². The molecule has 0 radical (unpaired) electrons. The first-order valence-electron chi connectivity index (χ1n) is 9.13. The van der Waals surface area contributed by atoms with Crippen molar-refractivity contribution in [1.82, 2.24) is 0 Å². The Morgan fingerprint density at radius 1 is 0.815 bits per heavy atom. The van der Waals surface area contributed by atoms with Crippen LogP contribution in [-0.2, 0) is 12.8 Å². The van der Waals surface area contributed by atoms with Gasteiger partial charge in [0.25, 0.3) is 0 Å². The largest absolute Gasteiger partial charge is 0.207 e. The van der Waals surface area contributed by atoms with Gasteiger partial charge in [0.1, 0.15) is 17.5 Å². The third-order valence-electron chi connectivity index (χ3n) is 5.19. The molecule has 0 aromatic heterocycles. The van der Waals surface area contributed by atoms with Crippen LogP contribution < -0.4 is 0 Å². The average Bonchev–Trinajstić information content (AvgIpc) is 2.69. The molecule has 0 aliphatic heterocycles. The highest BCUT2D eigenvalue weighted by Gasteiger charge is 2.22. The summed E-state index contributed by atoms with van der Waals surface area (Å²) in [6.45, 7) is 2.11. The van der Waals surface area contributed by atoms with Crippen molar-refractivity contribution in [3.8, 4) is 11.1 Å². The Kier molecular flexibility index (Phi) is 4.61. The number of fused-ring (bicyclic) bond motifs is 1. The van der Waals surface area contributed by atoms with Gasteiger partial charge in [-0.3, -0.25) is 0 Å². The monoisotopic (exact) mass is 364 g/mol. The molecule has 136 valence electrons. The Balaban J connectivity index is 1.76. The van der Waals surface area contributed by atoms with Gasteiger partial charge < -0.3 is 0 Å². The number of benzene rings is 3. The van der Waals surface area contributed by atoms with E-state index in [2.05, 4.69) is 31.2 Å². The molecule has 0 atom stereocenters. The van der Waals surface area contributed by atoms with Crippen molar-refractivity contribution in [2.45, 2.75) is 26.2 Å². The third kappa shape index (κ3) is 3.30. The van der Waals surface area contributed by atoms with Gasteiger partial charge in [-0.2, -0.15) is 0 Å².